The highest BCUT2D eigenvalue weighted by atomic mass is 16.5. The van der Waals surface area contributed by atoms with Crippen LogP contribution in [0, 0.1) is 11.8 Å². The van der Waals surface area contributed by atoms with Crippen molar-refractivity contribution in [3.05, 3.63) is 47.5 Å². The van der Waals surface area contributed by atoms with Crippen LogP contribution in [0.2, 0.25) is 0 Å². The molecule has 4 aromatic rings. The number of nitrogens with zero attached hydrogens (tertiary/aromatic N) is 5. The van der Waals surface area contributed by atoms with Crippen molar-refractivity contribution >= 4 is 33.8 Å². The zero-order valence-corrected chi connectivity index (χ0v) is 27.3. The van der Waals surface area contributed by atoms with Crippen LogP contribution >= 0.6 is 0 Å². The predicted molar refractivity (Wildman–Crippen MR) is 179 cm³/mol. The fraction of sp³-hybridized carbons (Fsp3) is 0.528. The molecule has 2 aromatic heterocycles. The van der Waals surface area contributed by atoms with Crippen LogP contribution < -0.4 is 10.5 Å². The number of fused-ring (bicyclic) bond motifs is 2. The van der Waals surface area contributed by atoms with Gasteiger partial charge in [-0.05, 0) is 86.6 Å². The lowest BCUT2D eigenvalue weighted by Crippen LogP contribution is -2.42. The van der Waals surface area contributed by atoms with Crippen molar-refractivity contribution in [3.63, 3.8) is 0 Å². The molecule has 2 saturated heterocycles. The summed E-state index contributed by atoms with van der Waals surface area (Å²) in [5.41, 5.74) is 11.9. The second-order valence-electron chi connectivity index (χ2n) is 13.5. The molecule has 244 valence electrons. The van der Waals surface area contributed by atoms with E-state index in [4.69, 9.17) is 20.2 Å². The van der Waals surface area contributed by atoms with E-state index in [1.165, 1.54) is 29.3 Å². The largest absolute Gasteiger partial charge is 0.494 e. The van der Waals surface area contributed by atoms with E-state index in [2.05, 4.69) is 33.4 Å². The van der Waals surface area contributed by atoms with Crippen molar-refractivity contribution in [3.8, 4) is 17.3 Å². The van der Waals surface area contributed by atoms with E-state index in [9.17, 15) is 9.59 Å². The highest BCUT2D eigenvalue weighted by Crippen LogP contribution is 2.41. The van der Waals surface area contributed by atoms with Crippen molar-refractivity contribution in [2.24, 2.45) is 24.6 Å². The van der Waals surface area contributed by atoms with Crippen LogP contribution in [0.5, 0.6) is 5.75 Å². The average Bonchev–Trinajstić information content (AvgIpc) is 3.75. The number of methoxy groups -OCH3 is 2. The molecule has 0 unspecified atom stereocenters. The molecule has 46 heavy (non-hydrogen) atoms. The molecule has 1 saturated carbocycles. The second kappa shape index (κ2) is 12.7. The van der Waals surface area contributed by atoms with Crippen LogP contribution in [-0.2, 0) is 23.1 Å². The van der Waals surface area contributed by atoms with Gasteiger partial charge >= 0.3 is 0 Å². The maximum atomic E-state index is 13.7. The summed E-state index contributed by atoms with van der Waals surface area (Å²) in [6.07, 6.45) is 6.38. The fourth-order valence-corrected chi connectivity index (χ4v) is 7.71. The van der Waals surface area contributed by atoms with Crippen molar-refractivity contribution in [1.29, 1.82) is 0 Å². The van der Waals surface area contributed by atoms with Crippen molar-refractivity contribution in [2.45, 2.75) is 51.0 Å². The SMILES string of the molecule is COCC(=O)N1CCC(c2cccc3cc(-c4nc5cc(C(=O)N6CCC[C@@H](CN)C6)cc(OC)c5n4C)n(CC4CC4)c23)CC1. The molecule has 1 atom stereocenters. The first-order valence-corrected chi connectivity index (χ1v) is 16.8. The van der Waals surface area contributed by atoms with E-state index < -0.39 is 0 Å². The summed E-state index contributed by atoms with van der Waals surface area (Å²) < 4.78 is 15.6. The number of nitrogens with two attached hydrogens (primary N) is 1. The number of aromatic nitrogens is 3. The third-order valence-electron chi connectivity index (χ3n) is 10.4. The van der Waals surface area contributed by atoms with Gasteiger partial charge < -0.3 is 34.1 Å². The first-order chi connectivity index (χ1) is 22.4. The highest BCUT2D eigenvalue weighted by Gasteiger charge is 2.31. The maximum Gasteiger partial charge on any atom is 0.254 e. The summed E-state index contributed by atoms with van der Waals surface area (Å²) in [5.74, 6) is 2.96. The predicted octanol–water partition coefficient (Wildman–Crippen LogP) is 4.78. The summed E-state index contributed by atoms with van der Waals surface area (Å²) in [7, 11) is 5.27. The maximum absolute atomic E-state index is 13.7. The number of aryl methyl sites for hydroxylation is 1. The Morgan fingerprint density at radius 1 is 0.957 bits per heavy atom. The minimum atomic E-state index is 0.00742. The summed E-state index contributed by atoms with van der Waals surface area (Å²) in [6, 6.07) is 12.7. The minimum Gasteiger partial charge on any atom is -0.494 e. The Bertz CT molecular complexity index is 1760. The fourth-order valence-electron chi connectivity index (χ4n) is 7.71. The third-order valence-corrected chi connectivity index (χ3v) is 10.4. The number of carbonyl (C=O) groups is 2. The summed E-state index contributed by atoms with van der Waals surface area (Å²) in [6.45, 7) is 4.61. The Morgan fingerprint density at radius 3 is 2.48 bits per heavy atom. The van der Waals surface area contributed by atoms with Crippen molar-refractivity contribution in [1.82, 2.24) is 23.9 Å². The first-order valence-electron chi connectivity index (χ1n) is 16.8. The third kappa shape index (κ3) is 5.66. The molecule has 4 heterocycles. The van der Waals surface area contributed by atoms with Crippen LogP contribution in [0.4, 0.5) is 0 Å². The Balaban J connectivity index is 1.28. The second-order valence-corrected chi connectivity index (χ2v) is 13.5. The van der Waals surface area contributed by atoms with Gasteiger partial charge in [0.05, 0.1) is 23.8 Å². The normalized spacial score (nSPS) is 19.3. The number of ether oxygens (including phenoxy) is 2. The van der Waals surface area contributed by atoms with Gasteiger partial charge in [-0.3, -0.25) is 9.59 Å². The van der Waals surface area contributed by atoms with Gasteiger partial charge in [0.25, 0.3) is 5.91 Å². The Kier molecular flexibility index (Phi) is 8.50. The number of amides is 2. The van der Waals surface area contributed by atoms with Crippen molar-refractivity contribution < 1.29 is 19.1 Å². The quantitative estimate of drug-likeness (QED) is 0.287. The molecule has 0 spiro atoms. The Morgan fingerprint density at radius 2 is 1.76 bits per heavy atom. The number of piperidine rings is 2. The van der Waals surface area contributed by atoms with Crippen LogP contribution in [0.15, 0.2) is 36.4 Å². The van der Waals surface area contributed by atoms with E-state index in [-0.39, 0.29) is 18.4 Å². The monoisotopic (exact) mass is 626 g/mol. The molecule has 2 aromatic carbocycles. The standard InChI is InChI=1S/C36H46N6O4/c1-39-34-29(16-27(18-31(34)46-3)36(44)41-13-5-6-24(19-37)20-41)38-35(39)30-17-26-7-4-8-28(33(26)42(30)21-23-9-10-23)25-11-14-40(15-12-25)32(43)22-45-2/h4,7-8,16-18,23-25H,5-6,9-15,19-22,37H2,1-3H3/t24-/m0/s1. The summed E-state index contributed by atoms with van der Waals surface area (Å²) in [4.78, 5) is 35.2. The Hall–Kier alpha value is -3.89. The number of rotatable bonds is 9. The van der Waals surface area contributed by atoms with Gasteiger partial charge in [0.2, 0.25) is 5.91 Å². The van der Waals surface area contributed by atoms with Crippen LogP contribution in [0.1, 0.15) is 60.4 Å². The molecule has 10 nitrogen and oxygen atoms in total. The van der Waals surface area contributed by atoms with E-state index in [0.717, 1.165) is 74.4 Å². The molecule has 2 aliphatic heterocycles. The molecule has 3 fully saturated rings. The summed E-state index contributed by atoms with van der Waals surface area (Å²) >= 11 is 0. The molecular formula is C36H46N6O4. The zero-order valence-electron chi connectivity index (χ0n) is 27.3. The van der Waals surface area contributed by atoms with Crippen LogP contribution in [0.25, 0.3) is 33.5 Å². The zero-order chi connectivity index (χ0) is 31.9. The highest BCUT2D eigenvalue weighted by molar-refractivity contribution is 6.00. The number of imidazole rings is 1. The van der Waals surface area contributed by atoms with Gasteiger partial charge in [-0.25, -0.2) is 4.98 Å². The number of benzene rings is 2. The topological polar surface area (TPSA) is 108 Å². The van der Waals surface area contributed by atoms with Crippen LogP contribution in [0.3, 0.4) is 0 Å². The van der Waals surface area contributed by atoms with E-state index >= 15 is 0 Å². The number of carbonyl (C=O) groups excluding carboxylic acids is 2. The molecule has 0 bridgehead atoms. The molecule has 1 aliphatic carbocycles. The van der Waals surface area contributed by atoms with E-state index in [0.29, 0.717) is 42.2 Å². The first kappa shape index (κ1) is 30.7. The lowest BCUT2D eigenvalue weighted by atomic mass is 9.88. The lowest BCUT2D eigenvalue weighted by Gasteiger charge is -2.32. The van der Waals surface area contributed by atoms with Gasteiger partial charge in [0, 0.05) is 57.8 Å². The lowest BCUT2D eigenvalue weighted by molar-refractivity contribution is -0.136. The molecular weight excluding hydrogens is 580 g/mol. The number of likely N-dealkylation sites (tertiary alicyclic amines) is 2. The molecule has 2 N–H and O–H groups in total. The summed E-state index contributed by atoms with van der Waals surface area (Å²) in [5, 5.41) is 1.21. The van der Waals surface area contributed by atoms with E-state index in [1.807, 2.05) is 29.0 Å². The van der Waals surface area contributed by atoms with Gasteiger partial charge in [-0.2, -0.15) is 0 Å². The molecule has 0 radical (unpaired) electrons. The average molecular weight is 627 g/mol. The number of hydrogen-bond donors (Lipinski definition) is 1. The number of hydrogen-bond acceptors (Lipinski definition) is 6. The Labute approximate surface area is 270 Å². The van der Waals surface area contributed by atoms with Gasteiger partial charge in [-0.15, -0.1) is 0 Å². The van der Waals surface area contributed by atoms with E-state index in [1.54, 1.807) is 14.2 Å². The van der Waals surface area contributed by atoms with Gasteiger partial charge in [-0.1, -0.05) is 18.2 Å². The van der Waals surface area contributed by atoms with Crippen LogP contribution in [-0.4, -0.2) is 89.3 Å². The number of para-hydroxylation sites is 1. The molecule has 3 aliphatic rings. The van der Waals surface area contributed by atoms with Gasteiger partial charge in [0.15, 0.2) is 5.82 Å². The van der Waals surface area contributed by atoms with Crippen molar-refractivity contribution in [2.75, 3.05) is 53.6 Å². The molecule has 2 amide bonds. The smallest absolute Gasteiger partial charge is 0.254 e. The molecule has 10 heteroatoms. The van der Waals surface area contributed by atoms with Gasteiger partial charge in [0.1, 0.15) is 17.9 Å². The molecule has 7 rings (SSSR count). The minimum absolute atomic E-state index is 0.00742.